The molecule has 0 bridgehead atoms. The van der Waals surface area contributed by atoms with E-state index in [0.717, 1.165) is 5.69 Å². The van der Waals surface area contributed by atoms with Crippen LogP contribution in [-0.4, -0.2) is 4.98 Å². The summed E-state index contributed by atoms with van der Waals surface area (Å²) in [6.45, 7) is 0. The maximum Gasteiger partial charge on any atom is 0.0788 e. The van der Waals surface area contributed by atoms with Crippen LogP contribution in [0.3, 0.4) is 0 Å². The minimum absolute atomic E-state index is 1.06. The van der Waals surface area contributed by atoms with Gasteiger partial charge in [0.2, 0.25) is 0 Å². The van der Waals surface area contributed by atoms with Crippen LogP contribution in [0, 0.1) is 0 Å². The molecule has 0 aliphatic heterocycles. The molecule has 1 nitrogen and oxygen atoms in total. The number of hydrogen-bond acceptors (Lipinski definition) is 2. The average molecular weight is 287 g/mol. The Bertz CT molecular complexity index is 876. The highest BCUT2D eigenvalue weighted by molar-refractivity contribution is 7.17. The van der Waals surface area contributed by atoms with Crippen molar-refractivity contribution in [3.63, 3.8) is 0 Å². The van der Waals surface area contributed by atoms with Gasteiger partial charge in [-0.25, -0.2) is 0 Å². The topological polar surface area (TPSA) is 12.9 Å². The van der Waals surface area contributed by atoms with E-state index >= 15 is 0 Å². The summed E-state index contributed by atoms with van der Waals surface area (Å²) >= 11 is 1.76. The van der Waals surface area contributed by atoms with Crippen molar-refractivity contribution < 1.29 is 0 Å². The molecule has 0 saturated heterocycles. The molecule has 0 aliphatic rings. The number of nitrogens with zero attached hydrogens (tertiary/aromatic N) is 1. The minimum Gasteiger partial charge on any atom is -0.256 e. The van der Waals surface area contributed by atoms with Crippen LogP contribution in [0.25, 0.3) is 32.5 Å². The fraction of sp³-hybridized carbons (Fsp3) is 0. The Labute approximate surface area is 127 Å². The molecule has 2 aromatic carbocycles. The zero-order chi connectivity index (χ0) is 14.1. The van der Waals surface area contributed by atoms with Crippen LogP contribution in [0.2, 0.25) is 0 Å². The Kier molecular flexibility index (Phi) is 3.02. The summed E-state index contributed by atoms with van der Waals surface area (Å²) in [4.78, 5) is 4.56. The largest absolute Gasteiger partial charge is 0.256 e. The molecular formula is C19H13NS. The van der Waals surface area contributed by atoms with Crippen molar-refractivity contribution in [3.8, 4) is 22.4 Å². The van der Waals surface area contributed by atoms with E-state index in [2.05, 4.69) is 71.0 Å². The normalized spacial score (nSPS) is 10.9. The van der Waals surface area contributed by atoms with Crippen LogP contribution in [-0.2, 0) is 0 Å². The smallest absolute Gasteiger partial charge is 0.0788 e. The Morgan fingerprint density at radius 2 is 1.38 bits per heavy atom. The van der Waals surface area contributed by atoms with Crippen molar-refractivity contribution in [2.24, 2.45) is 0 Å². The van der Waals surface area contributed by atoms with E-state index in [1.54, 1.807) is 11.3 Å². The molecule has 0 aliphatic carbocycles. The summed E-state index contributed by atoms with van der Waals surface area (Å²) in [6, 6.07) is 23.3. The second-order valence-corrected chi connectivity index (χ2v) is 5.88. The van der Waals surface area contributed by atoms with Gasteiger partial charge in [-0.3, -0.25) is 4.98 Å². The quantitative estimate of drug-likeness (QED) is 0.465. The third-order valence-corrected chi connectivity index (χ3v) is 4.53. The SMILES string of the molecule is c1ccc(-c2ccc(-c3nccc4sccc34)cc2)cc1. The van der Waals surface area contributed by atoms with Gasteiger partial charge in [0.1, 0.15) is 0 Å². The molecule has 0 spiro atoms. The first-order chi connectivity index (χ1) is 10.4. The van der Waals surface area contributed by atoms with E-state index in [9.17, 15) is 0 Å². The second kappa shape index (κ2) is 5.15. The summed E-state index contributed by atoms with van der Waals surface area (Å²) in [6.07, 6.45) is 1.89. The maximum absolute atomic E-state index is 4.56. The molecular weight excluding hydrogens is 274 g/mol. The number of hydrogen-bond donors (Lipinski definition) is 0. The van der Waals surface area contributed by atoms with Crippen LogP contribution in [0.1, 0.15) is 0 Å². The lowest BCUT2D eigenvalue weighted by molar-refractivity contribution is 1.36. The van der Waals surface area contributed by atoms with Crippen molar-refractivity contribution in [2.75, 3.05) is 0 Å². The summed E-state index contributed by atoms with van der Waals surface area (Å²) < 4.78 is 1.28. The highest BCUT2D eigenvalue weighted by atomic mass is 32.1. The van der Waals surface area contributed by atoms with Crippen molar-refractivity contribution in [1.29, 1.82) is 0 Å². The lowest BCUT2D eigenvalue weighted by Gasteiger charge is -2.05. The summed E-state index contributed by atoms with van der Waals surface area (Å²) in [5, 5.41) is 3.35. The van der Waals surface area contributed by atoms with Crippen LogP contribution in [0.4, 0.5) is 0 Å². The number of pyridine rings is 1. The van der Waals surface area contributed by atoms with Crippen LogP contribution in [0.5, 0.6) is 0 Å². The fourth-order valence-electron chi connectivity index (χ4n) is 2.58. The number of thiophene rings is 1. The molecule has 2 heteroatoms. The van der Waals surface area contributed by atoms with E-state index in [-0.39, 0.29) is 0 Å². The van der Waals surface area contributed by atoms with Gasteiger partial charge in [-0.15, -0.1) is 11.3 Å². The van der Waals surface area contributed by atoms with Gasteiger partial charge >= 0.3 is 0 Å². The van der Waals surface area contributed by atoms with Crippen LogP contribution in [0.15, 0.2) is 78.3 Å². The van der Waals surface area contributed by atoms with Gasteiger partial charge < -0.3 is 0 Å². The summed E-state index contributed by atoms with van der Waals surface area (Å²) in [5.74, 6) is 0. The second-order valence-electron chi connectivity index (χ2n) is 4.94. The molecule has 0 fully saturated rings. The van der Waals surface area contributed by atoms with E-state index < -0.39 is 0 Å². The first-order valence-electron chi connectivity index (χ1n) is 6.90. The van der Waals surface area contributed by atoms with Gasteiger partial charge in [0, 0.05) is 21.8 Å². The van der Waals surface area contributed by atoms with Gasteiger partial charge in [0.15, 0.2) is 0 Å². The van der Waals surface area contributed by atoms with Gasteiger partial charge in [0.05, 0.1) is 5.69 Å². The van der Waals surface area contributed by atoms with Gasteiger partial charge in [-0.2, -0.15) is 0 Å². The Hall–Kier alpha value is -2.45. The van der Waals surface area contributed by atoms with E-state index in [4.69, 9.17) is 0 Å². The first-order valence-corrected chi connectivity index (χ1v) is 7.78. The lowest BCUT2D eigenvalue weighted by Crippen LogP contribution is -1.84. The Balaban J connectivity index is 1.79. The fourth-order valence-corrected chi connectivity index (χ4v) is 3.36. The molecule has 2 aromatic heterocycles. The van der Waals surface area contributed by atoms with Crippen molar-refractivity contribution in [1.82, 2.24) is 4.98 Å². The number of benzene rings is 2. The standard InChI is InChI=1S/C19H13NS/c1-2-4-14(5-3-1)15-6-8-16(9-7-15)19-17-11-13-21-18(17)10-12-20-19/h1-13H. The molecule has 0 saturated carbocycles. The zero-order valence-electron chi connectivity index (χ0n) is 11.4. The molecule has 0 unspecified atom stereocenters. The third kappa shape index (κ3) is 2.24. The van der Waals surface area contributed by atoms with Crippen LogP contribution < -0.4 is 0 Å². The molecule has 2 heterocycles. The van der Waals surface area contributed by atoms with E-state index in [1.807, 2.05) is 12.3 Å². The van der Waals surface area contributed by atoms with Gasteiger partial charge in [-0.1, -0.05) is 54.6 Å². The van der Waals surface area contributed by atoms with Crippen LogP contribution >= 0.6 is 11.3 Å². The molecule has 0 amide bonds. The average Bonchev–Trinajstić information content (AvgIpc) is 3.04. The van der Waals surface area contributed by atoms with Crippen molar-refractivity contribution in [3.05, 3.63) is 78.3 Å². The predicted molar refractivity (Wildman–Crippen MR) is 90.5 cm³/mol. The number of rotatable bonds is 2. The molecule has 0 N–H and O–H groups in total. The van der Waals surface area contributed by atoms with Crippen molar-refractivity contribution in [2.45, 2.75) is 0 Å². The molecule has 0 radical (unpaired) electrons. The number of fused-ring (bicyclic) bond motifs is 1. The lowest BCUT2D eigenvalue weighted by atomic mass is 10.0. The highest BCUT2D eigenvalue weighted by Crippen LogP contribution is 2.31. The summed E-state index contributed by atoms with van der Waals surface area (Å²) in [5.41, 5.74) is 4.70. The molecule has 100 valence electrons. The monoisotopic (exact) mass is 287 g/mol. The third-order valence-electron chi connectivity index (χ3n) is 3.65. The predicted octanol–water partition coefficient (Wildman–Crippen LogP) is 5.63. The zero-order valence-corrected chi connectivity index (χ0v) is 12.2. The van der Waals surface area contributed by atoms with Crippen molar-refractivity contribution >= 4 is 21.4 Å². The van der Waals surface area contributed by atoms with E-state index in [1.165, 1.54) is 26.8 Å². The molecule has 0 atom stereocenters. The number of aromatic nitrogens is 1. The minimum atomic E-state index is 1.06. The molecule has 4 aromatic rings. The Morgan fingerprint density at radius 1 is 0.667 bits per heavy atom. The summed E-state index contributed by atoms with van der Waals surface area (Å²) in [7, 11) is 0. The van der Waals surface area contributed by atoms with E-state index in [0.29, 0.717) is 0 Å². The first kappa shape index (κ1) is 12.3. The highest BCUT2D eigenvalue weighted by Gasteiger charge is 2.06. The maximum atomic E-state index is 4.56. The Morgan fingerprint density at radius 3 is 2.19 bits per heavy atom. The van der Waals surface area contributed by atoms with Gasteiger partial charge in [0.25, 0.3) is 0 Å². The molecule has 4 rings (SSSR count). The van der Waals surface area contributed by atoms with Gasteiger partial charge in [-0.05, 0) is 28.6 Å². The molecule has 21 heavy (non-hydrogen) atoms.